The average molecular weight is 191 g/mol. The SMILES string of the molecule is C=Cc1cc(CC)cc([C](C)CF)c1. The lowest BCUT2D eigenvalue weighted by Gasteiger charge is -2.10. The van der Waals surface area contributed by atoms with Gasteiger partial charge in [0.2, 0.25) is 0 Å². The number of hydrogen-bond acceptors (Lipinski definition) is 0. The van der Waals surface area contributed by atoms with E-state index in [1.807, 2.05) is 19.1 Å². The summed E-state index contributed by atoms with van der Waals surface area (Å²) in [5.74, 6) is 0.781. The summed E-state index contributed by atoms with van der Waals surface area (Å²) in [5, 5.41) is 0. The fourth-order valence-corrected chi connectivity index (χ4v) is 1.36. The molecule has 1 rings (SSSR count). The van der Waals surface area contributed by atoms with Gasteiger partial charge in [0.15, 0.2) is 0 Å². The summed E-state index contributed by atoms with van der Waals surface area (Å²) in [7, 11) is 0. The molecule has 0 saturated heterocycles. The van der Waals surface area contributed by atoms with Gasteiger partial charge in [0.05, 0.1) is 6.67 Å². The number of aryl methyl sites for hydroxylation is 1. The van der Waals surface area contributed by atoms with Crippen LogP contribution in [0.25, 0.3) is 6.08 Å². The first-order valence-electron chi connectivity index (χ1n) is 4.86. The monoisotopic (exact) mass is 191 g/mol. The van der Waals surface area contributed by atoms with Crippen LogP contribution in [-0.2, 0) is 6.42 Å². The van der Waals surface area contributed by atoms with Gasteiger partial charge in [0.25, 0.3) is 0 Å². The fraction of sp³-hybridized carbons (Fsp3) is 0.308. The Kier molecular flexibility index (Phi) is 3.87. The van der Waals surface area contributed by atoms with E-state index in [1.54, 1.807) is 6.08 Å². The zero-order chi connectivity index (χ0) is 10.6. The first-order chi connectivity index (χ1) is 6.71. The molecule has 1 aromatic carbocycles. The first kappa shape index (κ1) is 11.0. The minimum atomic E-state index is -0.385. The zero-order valence-corrected chi connectivity index (χ0v) is 8.81. The Balaban J connectivity index is 3.10. The third kappa shape index (κ3) is 2.44. The van der Waals surface area contributed by atoms with Gasteiger partial charge >= 0.3 is 0 Å². The van der Waals surface area contributed by atoms with Crippen LogP contribution in [0, 0.1) is 5.92 Å². The Bertz CT molecular complexity index is 315. The average Bonchev–Trinajstić information content (AvgIpc) is 2.27. The van der Waals surface area contributed by atoms with Gasteiger partial charge in [0.1, 0.15) is 0 Å². The third-order valence-electron chi connectivity index (χ3n) is 2.35. The lowest BCUT2D eigenvalue weighted by atomic mass is 9.96. The van der Waals surface area contributed by atoms with Crippen LogP contribution in [0.4, 0.5) is 4.39 Å². The van der Waals surface area contributed by atoms with Crippen molar-refractivity contribution in [2.24, 2.45) is 0 Å². The highest BCUT2D eigenvalue weighted by atomic mass is 19.1. The van der Waals surface area contributed by atoms with Crippen molar-refractivity contribution in [1.82, 2.24) is 0 Å². The number of hydrogen-bond donors (Lipinski definition) is 0. The van der Waals surface area contributed by atoms with Crippen LogP contribution in [0.15, 0.2) is 24.8 Å². The van der Waals surface area contributed by atoms with Crippen molar-refractivity contribution >= 4 is 6.08 Å². The van der Waals surface area contributed by atoms with Gasteiger partial charge in [-0.05, 0) is 23.1 Å². The minimum Gasteiger partial charge on any atom is -0.250 e. The lowest BCUT2D eigenvalue weighted by Crippen LogP contribution is -1.98. The summed E-state index contributed by atoms with van der Waals surface area (Å²) in [6.45, 7) is 7.26. The van der Waals surface area contributed by atoms with Gasteiger partial charge in [0, 0.05) is 5.92 Å². The summed E-state index contributed by atoms with van der Waals surface area (Å²) >= 11 is 0. The van der Waals surface area contributed by atoms with Crippen LogP contribution in [0.3, 0.4) is 0 Å². The van der Waals surface area contributed by atoms with Crippen LogP contribution in [0.2, 0.25) is 0 Å². The summed E-state index contributed by atoms with van der Waals surface area (Å²) in [6.07, 6.45) is 2.77. The van der Waals surface area contributed by atoms with Gasteiger partial charge in [-0.3, -0.25) is 4.39 Å². The van der Waals surface area contributed by atoms with Crippen molar-refractivity contribution in [3.63, 3.8) is 0 Å². The lowest BCUT2D eigenvalue weighted by molar-refractivity contribution is 0.516. The highest BCUT2D eigenvalue weighted by Gasteiger charge is 2.07. The van der Waals surface area contributed by atoms with Crippen LogP contribution < -0.4 is 0 Å². The standard InChI is InChI=1S/C13H16F/c1-4-11-6-12(5-2)8-13(7-11)10(3)9-14/h4,6-8H,1,5,9H2,2-3H3. The normalized spacial score (nSPS) is 10.6. The molecule has 0 spiro atoms. The van der Waals surface area contributed by atoms with E-state index < -0.39 is 0 Å². The number of halogens is 1. The van der Waals surface area contributed by atoms with Crippen molar-refractivity contribution in [2.45, 2.75) is 20.3 Å². The molecule has 0 saturated carbocycles. The predicted octanol–water partition coefficient (Wildman–Crippen LogP) is 3.80. The topological polar surface area (TPSA) is 0 Å². The molecule has 0 fully saturated rings. The van der Waals surface area contributed by atoms with E-state index in [-0.39, 0.29) is 6.67 Å². The highest BCUT2D eigenvalue weighted by Crippen LogP contribution is 2.19. The minimum absolute atomic E-state index is 0.385. The Morgan fingerprint density at radius 3 is 2.64 bits per heavy atom. The molecule has 14 heavy (non-hydrogen) atoms. The molecule has 0 aliphatic heterocycles. The molecule has 0 aromatic heterocycles. The Morgan fingerprint density at radius 2 is 2.14 bits per heavy atom. The van der Waals surface area contributed by atoms with E-state index in [9.17, 15) is 4.39 Å². The van der Waals surface area contributed by atoms with Gasteiger partial charge in [-0.25, -0.2) is 0 Å². The van der Waals surface area contributed by atoms with Crippen molar-refractivity contribution in [3.8, 4) is 0 Å². The third-order valence-corrected chi connectivity index (χ3v) is 2.35. The largest absolute Gasteiger partial charge is 0.250 e. The van der Waals surface area contributed by atoms with Crippen molar-refractivity contribution < 1.29 is 4.39 Å². The molecule has 0 nitrogen and oxygen atoms in total. The second kappa shape index (κ2) is 4.94. The van der Waals surface area contributed by atoms with Crippen molar-refractivity contribution in [3.05, 3.63) is 47.4 Å². The molecule has 0 bridgehead atoms. The fourth-order valence-electron chi connectivity index (χ4n) is 1.36. The molecule has 0 unspecified atom stereocenters. The second-order valence-corrected chi connectivity index (χ2v) is 3.43. The molecule has 0 heterocycles. The van der Waals surface area contributed by atoms with E-state index in [2.05, 4.69) is 19.6 Å². The molecule has 0 aliphatic carbocycles. The van der Waals surface area contributed by atoms with Crippen molar-refractivity contribution in [2.75, 3.05) is 6.67 Å². The molecule has 1 radical (unpaired) electrons. The maximum absolute atomic E-state index is 12.5. The maximum Gasteiger partial charge on any atom is 0.0997 e. The molecule has 0 aliphatic rings. The second-order valence-electron chi connectivity index (χ2n) is 3.43. The molecule has 1 aromatic rings. The van der Waals surface area contributed by atoms with Crippen LogP contribution in [0.1, 0.15) is 30.5 Å². The van der Waals surface area contributed by atoms with E-state index >= 15 is 0 Å². The Hall–Kier alpha value is -1.11. The summed E-state index contributed by atoms with van der Waals surface area (Å²) < 4.78 is 12.5. The molecule has 75 valence electrons. The Labute approximate surface area is 85.5 Å². The molecule has 1 heteroatoms. The Morgan fingerprint density at radius 1 is 1.43 bits per heavy atom. The quantitative estimate of drug-likeness (QED) is 0.679. The summed E-state index contributed by atoms with van der Waals surface area (Å²) in [4.78, 5) is 0. The van der Waals surface area contributed by atoms with E-state index in [0.29, 0.717) is 0 Å². The van der Waals surface area contributed by atoms with Gasteiger partial charge in [-0.15, -0.1) is 0 Å². The van der Waals surface area contributed by atoms with Gasteiger partial charge < -0.3 is 0 Å². The smallest absolute Gasteiger partial charge is 0.0997 e. The number of alkyl halides is 1. The molecule has 0 N–H and O–H groups in total. The van der Waals surface area contributed by atoms with E-state index in [0.717, 1.165) is 23.5 Å². The predicted molar refractivity (Wildman–Crippen MR) is 59.9 cm³/mol. The molecule has 0 atom stereocenters. The number of rotatable bonds is 4. The van der Waals surface area contributed by atoms with Crippen LogP contribution in [-0.4, -0.2) is 6.67 Å². The summed E-state index contributed by atoms with van der Waals surface area (Å²) in [5.41, 5.74) is 3.28. The van der Waals surface area contributed by atoms with Gasteiger partial charge in [-0.1, -0.05) is 44.7 Å². The van der Waals surface area contributed by atoms with Crippen molar-refractivity contribution in [1.29, 1.82) is 0 Å². The van der Waals surface area contributed by atoms with Gasteiger partial charge in [-0.2, -0.15) is 0 Å². The molecule has 0 amide bonds. The zero-order valence-electron chi connectivity index (χ0n) is 8.81. The first-order valence-corrected chi connectivity index (χ1v) is 4.86. The molecular formula is C13H16F. The summed E-state index contributed by atoms with van der Waals surface area (Å²) in [6, 6.07) is 6.10. The van der Waals surface area contributed by atoms with Crippen LogP contribution in [0.5, 0.6) is 0 Å². The van der Waals surface area contributed by atoms with E-state index in [4.69, 9.17) is 0 Å². The highest BCUT2D eigenvalue weighted by molar-refractivity contribution is 5.52. The number of benzene rings is 1. The molecular weight excluding hydrogens is 175 g/mol. The van der Waals surface area contributed by atoms with E-state index in [1.165, 1.54) is 5.56 Å². The van der Waals surface area contributed by atoms with Crippen LogP contribution >= 0.6 is 0 Å². The maximum atomic E-state index is 12.5.